The van der Waals surface area contributed by atoms with Crippen LogP contribution in [-0.4, -0.2) is 54.8 Å². The van der Waals surface area contributed by atoms with Gasteiger partial charge in [0.1, 0.15) is 13.2 Å². The van der Waals surface area contributed by atoms with Crippen molar-refractivity contribution in [2.24, 2.45) is 5.92 Å². The molecule has 2 bridgehead atoms. The molecule has 3 aliphatic heterocycles. The second-order valence-corrected chi connectivity index (χ2v) is 8.91. The fraction of sp³-hybridized carbons (Fsp3) is 0.522. The Labute approximate surface area is 171 Å². The van der Waals surface area contributed by atoms with Gasteiger partial charge in [-0.3, -0.25) is 9.69 Å². The molecule has 0 amide bonds. The molecular formula is C23H29N3O3. The smallest absolute Gasteiger partial charge is 0.255 e. The van der Waals surface area contributed by atoms with E-state index in [-0.39, 0.29) is 5.56 Å². The molecule has 0 N–H and O–H groups in total. The molecule has 154 valence electrons. The van der Waals surface area contributed by atoms with Gasteiger partial charge in [-0.05, 0) is 50.2 Å². The third-order valence-electron chi connectivity index (χ3n) is 6.26. The van der Waals surface area contributed by atoms with Crippen molar-refractivity contribution in [2.45, 2.75) is 32.0 Å². The molecule has 29 heavy (non-hydrogen) atoms. The normalized spacial score (nSPS) is 23.1. The zero-order valence-electron chi connectivity index (χ0n) is 17.3. The molecule has 6 heteroatoms. The van der Waals surface area contributed by atoms with E-state index in [0.29, 0.717) is 31.6 Å². The summed E-state index contributed by atoms with van der Waals surface area (Å²) in [5.41, 5.74) is 3.56. The summed E-state index contributed by atoms with van der Waals surface area (Å²) < 4.78 is 13.4. The highest BCUT2D eigenvalue weighted by Gasteiger charge is 2.35. The maximum atomic E-state index is 13.0. The SMILES string of the molecule is CN(C)Cc1ccc2n(c1=O)C[C@H]1C[C@@H]2CN(Cc2ccc3c(c2)OCCO3)C1. The second kappa shape index (κ2) is 7.50. The maximum Gasteiger partial charge on any atom is 0.255 e. The molecule has 2 atom stereocenters. The molecule has 0 aliphatic carbocycles. The number of fused-ring (bicyclic) bond motifs is 5. The van der Waals surface area contributed by atoms with Crippen molar-refractivity contribution in [1.82, 2.24) is 14.4 Å². The van der Waals surface area contributed by atoms with Crippen molar-refractivity contribution in [2.75, 3.05) is 40.4 Å². The number of hydrogen-bond acceptors (Lipinski definition) is 5. The maximum absolute atomic E-state index is 13.0. The molecule has 2 aromatic rings. The molecule has 4 heterocycles. The third-order valence-corrected chi connectivity index (χ3v) is 6.26. The summed E-state index contributed by atoms with van der Waals surface area (Å²) in [5.74, 6) is 2.67. The zero-order valence-corrected chi connectivity index (χ0v) is 17.3. The van der Waals surface area contributed by atoms with Crippen molar-refractivity contribution in [1.29, 1.82) is 0 Å². The molecule has 1 fully saturated rings. The van der Waals surface area contributed by atoms with Crippen LogP contribution in [0.1, 0.15) is 29.2 Å². The monoisotopic (exact) mass is 395 g/mol. The summed E-state index contributed by atoms with van der Waals surface area (Å²) in [6.07, 6.45) is 1.18. The van der Waals surface area contributed by atoms with Gasteiger partial charge in [0.05, 0.1) is 0 Å². The van der Waals surface area contributed by atoms with Crippen LogP contribution in [0.5, 0.6) is 11.5 Å². The van der Waals surface area contributed by atoms with Gasteiger partial charge in [-0.2, -0.15) is 0 Å². The lowest BCUT2D eigenvalue weighted by Crippen LogP contribution is -2.47. The Kier molecular flexibility index (Phi) is 4.84. The number of likely N-dealkylation sites (tertiary alicyclic amines) is 1. The average molecular weight is 396 g/mol. The highest BCUT2D eigenvalue weighted by Crippen LogP contribution is 2.37. The molecule has 0 saturated carbocycles. The number of aromatic nitrogens is 1. The first-order valence-corrected chi connectivity index (χ1v) is 10.5. The number of benzene rings is 1. The van der Waals surface area contributed by atoms with Gasteiger partial charge < -0.3 is 18.9 Å². The lowest BCUT2D eigenvalue weighted by atomic mass is 9.82. The van der Waals surface area contributed by atoms with Crippen LogP contribution < -0.4 is 15.0 Å². The van der Waals surface area contributed by atoms with Crippen LogP contribution in [0.4, 0.5) is 0 Å². The summed E-state index contributed by atoms with van der Waals surface area (Å²) in [5, 5.41) is 0. The van der Waals surface area contributed by atoms with Crippen LogP contribution in [0.15, 0.2) is 35.1 Å². The second-order valence-electron chi connectivity index (χ2n) is 8.91. The van der Waals surface area contributed by atoms with Gasteiger partial charge in [-0.15, -0.1) is 0 Å². The first kappa shape index (κ1) is 18.7. The topological polar surface area (TPSA) is 46.9 Å². The van der Waals surface area contributed by atoms with Crippen LogP contribution in [-0.2, 0) is 19.6 Å². The van der Waals surface area contributed by atoms with Gasteiger partial charge in [0.2, 0.25) is 0 Å². The summed E-state index contributed by atoms with van der Waals surface area (Å²) in [7, 11) is 4.02. The predicted molar refractivity (Wildman–Crippen MR) is 112 cm³/mol. The number of piperidine rings is 1. The minimum atomic E-state index is 0.200. The van der Waals surface area contributed by atoms with Crippen LogP contribution in [0.25, 0.3) is 0 Å². The van der Waals surface area contributed by atoms with Gasteiger partial charge in [-0.1, -0.05) is 12.1 Å². The van der Waals surface area contributed by atoms with Crippen LogP contribution >= 0.6 is 0 Å². The number of hydrogen-bond donors (Lipinski definition) is 0. The quantitative estimate of drug-likeness (QED) is 0.795. The molecular weight excluding hydrogens is 366 g/mol. The Morgan fingerprint density at radius 1 is 1.03 bits per heavy atom. The van der Waals surface area contributed by atoms with E-state index in [2.05, 4.69) is 32.6 Å². The Morgan fingerprint density at radius 3 is 2.69 bits per heavy atom. The van der Waals surface area contributed by atoms with Crippen molar-refractivity contribution >= 4 is 0 Å². The number of rotatable bonds is 4. The van der Waals surface area contributed by atoms with Crippen molar-refractivity contribution in [3.8, 4) is 11.5 Å². The summed E-state index contributed by atoms with van der Waals surface area (Å²) in [6.45, 7) is 5.72. The standard InChI is InChI=1S/C23H29N3O3/c1-24(2)14-18-4-5-20-19-9-17(13-26(20)23(18)27)12-25(15-19)11-16-3-6-21-22(10-16)29-8-7-28-21/h3-6,10,17,19H,7-9,11-15H2,1-2H3/t17-,19+/m0/s1. The Hall–Kier alpha value is -2.31. The molecule has 0 spiro atoms. The lowest BCUT2D eigenvalue weighted by molar-refractivity contribution is 0.113. The average Bonchev–Trinajstić information content (AvgIpc) is 2.70. The zero-order chi connectivity index (χ0) is 20.0. The van der Waals surface area contributed by atoms with E-state index in [0.717, 1.165) is 43.2 Å². The van der Waals surface area contributed by atoms with Gasteiger partial charge in [0.15, 0.2) is 11.5 Å². The summed E-state index contributed by atoms with van der Waals surface area (Å²) in [4.78, 5) is 17.6. The van der Waals surface area contributed by atoms with Crippen molar-refractivity contribution in [3.63, 3.8) is 0 Å². The van der Waals surface area contributed by atoms with E-state index in [9.17, 15) is 4.79 Å². The van der Waals surface area contributed by atoms with Crippen molar-refractivity contribution < 1.29 is 9.47 Å². The van der Waals surface area contributed by atoms with E-state index in [1.54, 1.807) is 0 Å². The summed E-state index contributed by atoms with van der Waals surface area (Å²) >= 11 is 0. The van der Waals surface area contributed by atoms with E-state index in [4.69, 9.17) is 9.47 Å². The first-order chi connectivity index (χ1) is 14.1. The van der Waals surface area contributed by atoms with E-state index < -0.39 is 0 Å². The molecule has 0 unspecified atom stereocenters. The molecule has 3 aliphatic rings. The van der Waals surface area contributed by atoms with Gasteiger partial charge in [0, 0.05) is 49.9 Å². The highest BCUT2D eigenvalue weighted by atomic mass is 16.6. The van der Waals surface area contributed by atoms with Crippen LogP contribution in [0.3, 0.4) is 0 Å². The van der Waals surface area contributed by atoms with E-state index in [1.807, 2.05) is 26.2 Å². The largest absolute Gasteiger partial charge is 0.486 e. The predicted octanol–water partition coefficient (Wildman–Crippen LogP) is 2.30. The van der Waals surface area contributed by atoms with Crippen LogP contribution in [0.2, 0.25) is 0 Å². The van der Waals surface area contributed by atoms with E-state index in [1.165, 1.54) is 17.7 Å². The van der Waals surface area contributed by atoms with Crippen LogP contribution in [0, 0.1) is 5.92 Å². The fourth-order valence-electron chi connectivity index (χ4n) is 5.12. The molecule has 1 aromatic heterocycles. The van der Waals surface area contributed by atoms with Gasteiger partial charge >= 0.3 is 0 Å². The first-order valence-electron chi connectivity index (χ1n) is 10.5. The molecule has 1 saturated heterocycles. The van der Waals surface area contributed by atoms with Gasteiger partial charge in [-0.25, -0.2) is 0 Å². The Bertz CT molecular complexity index is 968. The number of nitrogens with zero attached hydrogens (tertiary/aromatic N) is 3. The summed E-state index contributed by atoms with van der Waals surface area (Å²) in [6, 6.07) is 10.5. The molecule has 6 nitrogen and oxygen atoms in total. The van der Waals surface area contributed by atoms with E-state index >= 15 is 0 Å². The van der Waals surface area contributed by atoms with Crippen molar-refractivity contribution in [3.05, 3.63) is 57.5 Å². The molecule has 0 radical (unpaired) electrons. The minimum absolute atomic E-state index is 0.200. The third kappa shape index (κ3) is 3.67. The Balaban J connectivity index is 1.34. The lowest BCUT2D eigenvalue weighted by Gasteiger charge is -2.43. The molecule has 5 rings (SSSR count). The molecule has 1 aromatic carbocycles. The Morgan fingerprint density at radius 2 is 1.86 bits per heavy atom. The highest BCUT2D eigenvalue weighted by molar-refractivity contribution is 5.43. The number of ether oxygens (including phenoxy) is 2. The number of pyridine rings is 1. The van der Waals surface area contributed by atoms with Gasteiger partial charge in [0.25, 0.3) is 5.56 Å². The minimum Gasteiger partial charge on any atom is -0.486 e. The fourth-order valence-corrected chi connectivity index (χ4v) is 5.12.